The molecule has 0 spiro atoms. The van der Waals surface area contributed by atoms with E-state index in [1.165, 1.54) is 4.31 Å². The predicted octanol–water partition coefficient (Wildman–Crippen LogP) is 3.96. The second-order valence-corrected chi connectivity index (χ2v) is 10.8. The van der Waals surface area contributed by atoms with Crippen LogP contribution in [-0.4, -0.2) is 57.1 Å². The molecule has 0 saturated heterocycles. The molecule has 2 rings (SSSR count). The van der Waals surface area contributed by atoms with Gasteiger partial charge in [-0.05, 0) is 56.0 Å². The van der Waals surface area contributed by atoms with Crippen molar-refractivity contribution in [3.8, 4) is 5.75 Å². The maximum absolute atomic E-state index is 13.5. The summed E-state index contributed by atoms with van der Waals surface area (Å²) in [5.74, 6) is 0.328. The molecule has 9 heteroatoms. The van der Waals surface area contributed by atoms with Gasteiger partial charge in [0, 0.05) is 25.6 Å². The molecule has 0 heterocycles. The van der Waals surface area contributed by atoms with Crippen LogP contribution in [0.3, 0.4) is 0 Å². The Kier molecular flexibility index (Phi) is 11.2. The summed E-state index contributed by atoms with van der Waals surface area (Å²) in [6.07, 6.45) is 2.84. The molecule has 2 aromatic carbocycles. The van der Waals surface area contributed by atoms with E-state index in [2.05, 4.69) is 5.32 Å². The van der Waals surface area contributed by atoms with Gasteiger partial charge in [-0.3, -0.25) is 13.9 Å². The number of methoxy groups -OCH3 is 1. The third-order valence-corrected chi connectivity index (χ3v) is 7.29. The number of para-hydroxylation sites is 1. The second-order valence-electron chi connectivity index (χ2n) is 8.89. The maximum atomic E-state index is 13.5. The minimum Gasteiger partial charge on any atom is -0.497 e. The monoisotopic (exact) mass is 517 g/mol. The van der Waals surface area contributed by atoms with Gasteiger partial charge in [0.25, 0.3) is 0 Å². The highest BCUT2D eigenvalue weighted by molar-refractivity contribution is 7.92. The number of hydrogen-bond donors (Lipinski definition) is 1. The summed E-state index contributed by atoms with van der Waals surface area (Å²) in [4.78, 5) is 28.1. The van der Waals surface area contributed by atoms with Gasteiger partial charge in [-0.1, -0.05) is 44.2 Å². The van der Waals surface area contributed by atoms with E-state index < -0.39 is 16.1 Å². The minimum absolute atomic E-state index is 0.00122. The van der Waals surface area contributed by atoms with Gasteiger partial charge < -0.3 is 15.0 Å². The lowest BCUT2D eigenvalue weighted by Gasteiger charge is -2.32. The highest BCUT2D eigenvalue weighted by atomic mass is 32.2. The van der Waals surface area contributed by atoms with Crippen LogP contribution in [0.4, 0.5) is 5.69 Å². The van der Waals surface area contributed by atoms with E-state index in [0.717, 1.165) is 18.2 Å². The van der Waals surface area contributed by atoms with Crippen molar-refractivity contribution in [3.63, 3.8) is 0 Å². The fourth-order valence-corrected chi connectivity index (χ4v) is 4.85. The van der Waals surface area contributed by atoms with Crippen molar-refractivity contribution < 1.29 is 22.7 Å². The molecule has 0 aromatic heterocycles. The Balaban J connectivity index is 2.21. The Morgan fingerprint density at radius 1 is 1.00 bits per heavy atom. The maximum Gasteiger partial charge on any atom is 0.243 e. The zero-order chi connectivity index (χ0) is 26.7. The number of anilines is 1. The molecule has 0 aliphatic heterocycles. The second kappa shape index (κ2) is 13.9. The first kappa shape index (κ1) is 29.2. The topological polar surface area (TPSA) is 96.0 Å². The molecule has 2 aromatic rings. The first-order chi connectivity index (χ1) is 17.1. The van der Waals surface area contributed by atoms with E-state index >= 15 is 0 Å². The SMILES string of the molecule is CC[C@H](C(=O)N[C@@H](C)CC)N(Cc1ccc(OC)cc1)C(=O)CCCN(c1ccccc1)S(C)(=O)=O. The zero-order valence-corrected chi connectivity index (χ0v) is 22.8. The summed E-state index contributed by atoms with van der Waals surface area (Å²) < 4.78 is 31.3. The van der Waals surface area contributed by atoms with Crippen molar-refractivity contribution in [3.05, 3.63) is 60.2 Å². The molecule has 0 aliphatic carbocycles. The minimum atomic E-state index is -3.51. The summed E-state index contributed by atoms with van der Waals surface area (Å²) in [7, 11) is -1.92. The van der Waals surface area contributed by atoms with Gasteiger partial charge >= 0.3 is 0 Å². The zero-order valence-electron chi connectivity index (χ0n) is 21.9. The molecule has 1 N–H and O–H groups in total. The van der Waals surface area contributed by atoms with Crippen molar-refractivity contribution in [2.75, 3.05) is 24.2 Å². The van der Waals surface area contributed by atoms with Crippen molar-refractivity contribution >= 4 is 27.5 Å². The van der Waals surface area contributed by atoms with Crippen molar-refractivity contribution in [2.24, 2.45) is 0 Å². The molecule has 0 aliphatic rings. The van der Waals surface area contributed by atoms with Crippen LogP contribution in [0.25, 0.3) is 0 Å². The summed E-state index contributed by atoms with van der Waals surface area (Å²) in [6.45, 7) is 6.25. The summed E-state index contributed by atoms with van der Waals surface area (Å²) in [6, 6.07) is 15.6. The van der Waals surface area contributed by atoms with Gasteiger partial charge in [0.2, 0.25) is 21.8 Å². The van der Waals surface area contributed by atoms with Crippen LogP contribution in [0.2, 0.25) is 0 Å². The van der Waals surface area contributed by atoms with E-state index in [1.807, 2.05) is 51.1 Å². The number of carbonyl (C=O) groups excluding carboxylic acids is 2. The molecule has 0 radical (unpaired) electrons. The van der Waals surface area contributed by atoms with Gasteiger partial charge in [-0.2, -0.15) is 0 Å². The smallest absolute Gasteiger partial charge is 0.243 e. The van der Waals surface area contributed by atoms with Gasteiger partial charge in [0.15, 0.2) is 0 Å². The van der Waals surface area contributed by atoms with Crippen LogP contribution in [0.5, 0.6) is 5.75 Å². The number of amides is 2. The Bertz CT molecular complexity index is 1070. The van der Waals surface area contributed by atoms with E-state index in [0.29, 0.717) is 24.3 Å². The molecular formula is C27H39N3O5S. The summed E-state index contributed by atoms with van der Waals surface area (Å²) in [5, 5.41) is 3.00. The number of nitrogens with one attached hydrogen (secondary N) is 1. The number of rotatable bonds is 14. The normalized spacial score (nSPS) is 12.9. The molecule has 198 valence electrons. The average molecular weight is 518 g/mol. The van der Waals surface area contributed by atoms with Crippen LogP contribution >= 0.6 is 0 Å². The summed E-state index contributed by atoms with van der Waals surface area (Å²) in [5.41, 5.74) is 1.43. The largest absolute Gasteiger partial charge is 0.497 e. The number of sulfonamides is 1. The molecule has 2 atom stereocenters. The highest BCUT2D eigenvalue weighted by Gasteiger charge is 2.29. The Morgan fingerprint density at radius 2 is 1.64 bits per heavy atom. The van der Waals surface area contributed by atoms with E-state index in [9.17, 15) is 18.0 Å². The Hall–Kier alpha value is -3.07. The van der Waals surface area contributed by atoms with Gasteiger partial charge in [-0.15, -0.1) is 0 Å². The number of ether oxygens (including phenoxy) is 1. The molecule has 0 unspecified atom stereocenters. The fourth-order valence-electron chi connectivity index (χ4n) is 3.89. The van der Waals surface area contributed by atoms with Crippen LogP contribution in [0.1, 0.15) is 52.0 Å². The number of carbonyl (C=O) groups is 2. The fraction of sp³-hybridized carbons (Fsp3) is 0.481. The molecule has 0 saturated carbocycles. The van der Waals surface area contributed by atoms with Crippen LogP contribution in [-0.2, 0) is 26.2 Å². The van der Waals surface area contributed by atoms with E-state index in [-0.39, 0.29) is 37.4 Å². The quantitative estimate of drug-likeness (QED) is 0.409. The standard InChI is InChI=1S/C27H39N3O5S/c1-6-21(3)28-27(32)25(7-2)29(20-22-15-17-24(35-4)18-16-22)26(31)14-11-19-30(36(5,33)34)23-12-9-8-10-13-23/h8-10,12-13,15-18,21,25H,6-7,11,14,19-20H2,1-5H3,(H,28,32)/t21-,25+/m0/s1. The summed E-state index contributed by atoms with van der Waals surface area (Å²) >= 11 is 0. The molecule has 0 fully saturated rings. The van der Waals surface area contributed by atoms with Crippen molar-refractivity contribution in [2.45, 2.75) is 65.1 Å². The molecule has 8 nitrogen and oxygen atoms in total. The first-order valence-corrected chi connectivity index (χ1v) is 14.2. The van der Waals surface area contributed by atoms with Gasteiger partial charge in [0.05, 0.1) is 19.1 Å². The predicted molar refractivity (Wildman–Crippen MR) is 143 cm³/mol. The Labute approximate surface area is 215 Å². The Morgan fingerprint density at radius 3 is 2.17 bits per heavy atom. The highest BCUT2D eigenvalue weighted by Crippen LogP contribution is 2.20. The van der Waals surface area contributed by atoms with Crippen LogP contribution in [0.15, 0.2) is 54.6 Å². The number of benzene rings is 2. The number of nitrogens with zero attached hydrogens (tertiary/aromatic N) is 2. The van der Waals surface area contributed by atoms with Crippen LogP contribution < -0.4 is 14.4 Å². The lowest BCUT2D eigenvalue weighted by molar-refractivity contribution is -0.141. The lowest BCUT2D eigenvalue weighted by Crippen LogP contribution is -2.50. The third-order valence-electron chi connectivity index (χ3n) is 6.10. The van der Waals surface area contributed by atoms with Crippen LogP contribution in [0, 0.1) is 0 Å². The third kappa shape index (κ3) is 8.55. The van der Waals surface area contributed by atoms with E-state index in [4.69, 9.17) is 4.74 Å². The molecule has 0 bridgehead atoms. The van der Waals surface area contributed by atoms with Crippen molar-refractivity contribution in [1.82, 2.24) is 10.2 Å². The molecule has 2 amide bonds. The number of hydrogen-bond acceptors (Lipinski definition) is 5. The lowest BCUT2D eigenvalue weighted by atomic mass is 10.1. The average Bonchev–Trinajstić information content (AvgIpc) is 2.86. The molecule has 36 heavy (non-hydrogen) atoms. The first-order valence-electron chi connectivity index (χ1n) is 12.4. The van der Waals surface area contributed by atoms with Gasteiger partial charge in [-0.25, -0.2) is 8.42 Å². The molecular weight excluding hydrogens is 478 g/mol. The van der Waals surface area contributed by atoms with E-state index in [1.54, 1.807) is 36.3 Å². The van der Waals surface area contributed by atoms with Crippen molar-refractivity contribution in [1.29, 1.82) is 0 Å². The van der Waals surface area contributed by atoms with Gasteiger partial charge in [0.1, 0.15) is 11.8 Å².